The van der Waals surface area contributed by atoms with Gasteiger partial charge in [0.1, 0.15) is 12.4 Å². The van der Waals surface area contributed by atoms with Crippen molar-refractivity contribution in [2.24, 2.45) is 0 Å². The van der Waals surface area contributed by atoms with E-state index in [1.807, 2.05) is 0 Å². The largest absolute Gasteiger partial charge is 0.425 e. The fourth-order valence-electron chi connectivity index (χ4n) is 3.79. The van der Waals surface area contributed by atoms with Gasteiger partial charge >= 0.3 is 6.09 Å². The number of hydrogen-bond donors (Lipinski definition) is 2. The molecule has 2 heterocycles. The van der Waals surface area contributed by atoms with Gasteiger partial charge in [-0.2, -0.15) is 0 Å². The lowest BCUT2D eigenvalue weighted by Gasteiger charge is -2.27. The van der Waals surface area contributed by atoms with Crippen molar-refractivity contribution in [1.29, 1.82) is 0 Å². The third-order valence-corrected chi connectivity index (χ3v) is 5.78. The van der Waals surface area contributed by atoms with Crippen molar-refractivity contribution >= 4 is 47.0 Å². The van der Waals surface area contributed by atoms with Crippen LogP contribution in [0.15, 0.2) is 48.5 Å². The second-order valence-electron chi connectivity index (χ2n) is 8.01. The van der Waals surface area contributed by atoms with Crippen molar-refractivity contribution in [2.45, 2.75) is 18.8 Å². The highest BCUT2D eigenvalue weighted by Crippen LogP contribution is 2.25. The fraction of sp³-hybridized carbons (Fsp3) is 0.292. The summed E-state index contributed by atoms with van der Waals surface area (Å²) in [7, 11) is 0. The molecule has 4 rings (SSSR count). The predicted molar refractivity (Wildman–Crippen MR) is 126 cm³/mol. The number of nitrogens with zero attached hydrogens (tertiary/aromatic N) is 2. The van der Waals surface area contributed by atoms with Gasteiger partial charge in [0.25, 0.3) is 5.91 Å². The Morgan fingerprint density at radius 1 is 1.23 bits per heavy atom. The summed E-state index contributed by atoms with van der Waals surface area (Å²) in [5.41, 5.74) is 0.937. The number of benzene rings is 2. The van der Waals surface area contributed by atoms with Crippen LogP contribution in [0.2, 0.25) is 5.02 Å². The molecule has 0 unspecified atom stereocenters. The molecule has 2 atom stereocenters. The van der Waals surface area contributed by atoms with Gasteiger partial charge in [0.05, 0.1) is 24.9 Å². The zero-order valence-corrected chi connectivity index (χ0v) is 19.3. The second-order valence-corrected chi connectivity index (χ2v) is 8.45. The van der Waals surface area contributed by atoms with Crippen LogP contribution in [0.3, 0.4) is 0 Å². The molecule has 0 saturated carbocycles. The summed E-state index contributed by atoms with van der Waals surface area (Å²) in [6, 6.07) is 10.8. The Morgan fingerprint density at radius 3 is 2.71 bits per heavy atom. The van der Waals surface area contributed by atoms with E-state index in [1.165, 1.54) is 28.0 Å². The Kier molecular flexibility index (Phi) is 7.64. The van der Waals surface area contributed by atoms with Crippen LogP contribution in [-0.2, 0) is 19.1 Å². The molecule has 35 heavy (non-hydrogen) atoms. The molecule has 3 amide bonds. The van der Waals surface area contributed by atoms with Crippen LogP contribution < -0.4 is 10.2 Å². The van der Waals surface area contributed by atoms with E-state index in [2.05, 4.69) is 5.32 Å². The lowest BCUT2D eigenvalue weighted by Crippen LogP contribution is -2.41. The van der Waals surface area contributed by atoms with Gasteiger partial charge in [-0.1, -0.05) is 23.7 Å². The summed E-state index contributed by atoms with van der Waals surface area (Å²) in [6.07, 6.45) is 0.0209. The molecule has 184 valence electrons. The van der Waals surface area contributed by atoms with Crippen molar-refractivity contribution in [2.75, 3.05) is 36.5 Å². The molecule has 0 aliphatic carbocycles. The molecule has 0 radical (unpaired) electrons. The van der Waals surface area contributed by atoms with Crippen LogP contribution in [0.5, 0.6) is 0 Å². The van der Waals surface area contributed by atoms with E-state index in [0.29, 0.717) is 23.9 Å². The highest BCUT2D eigenvalue weighted by Gasteiger charge is 2.36. The van der Waals surface area contributed by atoms with Crippen molar-refractivity contribution in [1.82, 2.24) is 4.90 Å². The molecule has 2 aliphatic rings. The van der Waals surface area contributed by atoms with E-state index < -0.39 is 30.1 Å². The van der Waals surface area contributed by atoms with Crippen molar-refractivity contribution in [3.05, 3.63) is 64.9 Å². The van der Waals surface area contributed by atoms with Crippen LogP contribution in [0.1, 0.15) is 12.0 Å². The molecule has 2 aromatic rings. The number of nitrogens with one attached hydrogen (secondary N) is 1. The predicted octanol–water partition coefficient (Wildman–Crippen LogP) is 3.02. The molecule has 2 aliphatic heterocycles. The maximum atomic E-state index is 14.6. The molecule has 9 nitrogen and oxygen atoms in total. The molecule has 2 N–H and O–H groups in total. The van der Waals surface area contributed by atoms with E-state index in [9.17, 15) is 23.9 Å². The van der Waals surface area contributed by atoms with E-state index in [0.717, 1.165) is 11.6 Å². The molecule has 2 fully saturated rings. The topological polar surface area (TPSA) is 108 Å². The number of halogens is 2. The van der Waals surface area contributed by atoms with Crippen LogP contribution in [0.4, 0.5) is 20.6 Å². The first-order valence-corrected chi connectivity index (χ1v) is 11.3. The number of ether oxygens (including phenoxy) is 2. The van der Waals surface area contributed by atoms with Crippen LogP contribution in [-0.4, -0.2) is 66.5 Å². The normalized spacial score (nSPS) is 20.4. The minimum absolute atomic E-state index is 0.0155. The van der Waals surface area contributed by atoms with Gasteiger partial charge in [-0.05, 0) is 42.0 Å². The summed E-state index contributed by atoms with van der Waals surface area (Å²) in [6.45, 7) is 0.550. The molecule has 0 bridgehead atoms. The summed E-state index contributed by atoms with van der Waals surface area (Å²) < 4.78 is 25.0. The number of aliphatic hydroxyl groups is 1. The third kappa shape index (κ3) is 6.16. The van der Waals surface area contributed by atoms with Gasteiger partial charge in [0, 0.05) is 29.8 Å². The SMILES string of the molecule is O=C(Nc1ccc(N2CCOCC2=O)cc1F)O[C@@H]1C[C@@H](O)CN1C(=O)/C=C/c1ccc(Cl)cc1. The zero-order chi connectivity index (χ0) is 24.9. The van der Waals surface area contributed by atoms with Gasteiger partial charge in [-0.15, -0.1) is 0 Å². The first kappa shape index (κ1) is 24.6. The summed E-state index contributed by atoms with van der Waals surface area (Å²) in [5.74, 6) is -1.51. The molecule has 2 aromatic carbocycles. The number of amides is 3. The first-order valence-electron chi connectivity index (χ1n) is 10.9. The van der Waals surface area contributed by atoms with Crippen LogP contribution in [0, 0.1) is 5.82 Å². The highest BCUT2D eigenvalue weighted by molar-refractivity contribution is 6.30. The van der Waals surface area contributed by atoms with Gasteiger partial charge < -0.3 is 24.4 Å². The van der Waals surface area contributed by atoms with Gasteiger partial charge in [0.15, 0.2) is 6.23 Å². The molecular weight excluding hydrogens is 481 g/mol. The maximum Gasteiger partial charge on any atom is 0.413 e. The van der Waals surface area contributed by atoms with Crippen LogP contribution in [0.25, 0.3) is 6.08 Å². The highest BCUT2D eigenvalue weighted by atomic mass is 35.5. The van der Waals surface area contributed by atoms with E-state index in [4.69, 9.17) is 21.1 Å². The van der Waals surface area contributed by atoms with E-state index in [1.54, 1.807) is 30.3 Å². The number of aliphatic hydroxyl groups excluding tert-OH is 1. The average Bonchev–Trinajstić information content (AvgIpc) is 3.20. The van der Waals surface area contributed by atoms with Crippen molar-refractivity contribution in [3.63, 3.8) is 0 Å². The Morgan fingerprint density at radius 2 is 2.00 bits per heavy atom. The Hall–Kier alpha value is -3.47. The average molecular weight is 504 g/mol. The monoisotopic (exact) mass is 503 g/mol. The molecular formula is C24H23ClFN3O6. The van der Waals surface area contributed by atoms with Crippen LogP contribution >= 0.6 is 11.6 Å². The lowest BCUT2D eigenvalue weighted by molar-refractivity contribution is -0.132. The smallest absolute Gasteiger partial charge is 0.413 e. The third-order valence-electron chi connectivity index (χ3n) is 5.53. The summed E-state index contributed by atoms with van der Waals surface area (Å²) in [5, 5.41) is 12.9. The number of hydrogen-bond acceptors (Lipinski definition) is 6. The molecule has 0 aromatic heterocycles. The lowest BCUT2D eigenvalue weighted by atomic mass is 10.2. The number of β-amino-alcohol motifs (C(OH)–C–C–N with tert-alkyl or cyclic N) is 1. The van der Waals surface area contributed by atoms with E-state index in [-0.39, 0.29) is 31.2 Å². The molecule has 2 saturated heterocycles. The zero-order valence-electron chi connectivity index (χ0n) is 18.5. The molecule has 0 spiro atoms. The first-order chi connectivity index (χ1) is 16.8. The standard InChI is InChI=1S/C24H23ClFN3O6/c25-16-4-1-15(2-5-16)3-8-21(31)29-13-18(30)12-23(29)35-24(33)27-20-7-6-17(11-19(20)26)28-9-10-34-14-22(28)32/h1-8,11,18,23,30H,9-10,12-14H2,(H,27,33)/b8-3+/t18-,23-/m1/s1. The van der Waals surface area contributed by atoms with Gasteiger partial charge in [-0.3, -0.25) is 14.9 Å². The number of carbonyl (C=O) groups excluding carboxylic acids is 3. The van der Waals surface area contributed by atoms with E-state index >= 15 is 0 Å². The van der Waals surface area contributed by atoms with Gasteiger partial charge in [-0.25, -0.2) is 9.18 Å². The number of rotatable bonds is 5. The Bertz CT molecular complexity index is 1140. The maximum absolute atomic E-state index is 14.6. The Labute approximate surface area is 205 Å². The summed E-state index contributed by atoms with van der Waals surface area (Å²) >= 11 is 5.85. The fourth-order valence-corrected chi connectivity index (χ4v) is 3.91. The minimum atomic E-state index is -1.03. The quantitative estimate of drug-likeness (QED) is 0.607. The summed E-state index contributed by atoms with van der Waals surface area (Å²) in [4.78, 5) is 39.6. The number of morpholine rings is 1. The van der Waals surface area contributed by atoms with Crippen molar-refractivity contribution in [3.8, 4) is 0 Å². The Balaban J connectivity index is 1.37. The molecule has 11 heteroatoms. The minimum Gasteiger partial charge on any atom is -0.425 e. The van der Waals surface area contributed by atoms with Crippen molar-refractivity contribution < 1.29 is 33.4 Å². The number of likely N-dealkylation sites (tertiary alicyclic amines) is 1. The second kappa shape index (κ2) is 10.9. The number of carbonyl (C=O) groups is 3. The number of anilines is 2. The van der Waals surface area contributed by atoms with Gasteiger partial charge in [0.2, 0.25) is 5.91 Å².